The molecule has 0 aromatic carbocycles. The van der Waals surface area contributed by atoms with Crippen molar-refractivity contribution in [2.75, 3.05) is 5.75 Å². The van der Waals surface area contributed by atoms with Gasteiger partial charge >= 0.3 is 0 Å². The highest BCUT2D eigenvalue weighted by molar-refractivity contribution is 7.85. The smallest absolute Gasteiger partial charge is 0.268 e. The van der Waals surface area contributed by atoms with Crippen LogP contribution in [0.3, 0.4) is 0 Å². The standard InChI is InChI=1S/C4H8O3S.ClH/c1-4(2)3-8(5,6)7;/h1,3H2,2H3,(H,5,6,7);1H. The molecule has 0 saturated heterocycles. The average molecular weight is 173 g/mol. The highest BCUT2D eigenvalue weighted by Crippen LogP contribution is 1.91. The van der Waals surface area contributed by atoms with Crippen molar-refractivity contribution in [1.29, 1.82) is 0 Å². The van der Waals surface area contributed by atoms with Crippen LogP contribution in [-0.4, -0.2) is 18.7 Å². The quantitative estimate of drug-likeness (QED) is 0.497. The van der Waals surface area contributed by atoms with Crippen LogP contribution in [0.5, 0.6) is 0 Å². The van der Waals surface area contributed by atoms with E-state index < -0.39 is 10.1 Å². The van der Waals surface area contributed by atoms with E-state index in [0.717, 1.165) is 0 Å². The van der Waals surface area contributed by atoms with E-state index in [0.29, 0.717) is 5.57 Å². The molecule has 0 unspecified atom stereocenters. The summed E-state index contributed by atoms with van der Waals surface area (Å²) in [5.41, 5.74) is 0.438. The molecule has 0 aliphatic carbocycles. The fourth-order valence-corrected chi connectivity index (χ4v) is 0.934. The van der Waals surface area contributed by atoms with Crippen LogP contribution in [0.15, 0.2) is 12.2 Å². The Morgan fingerprint density at radius 3 is 2.00 bits per heavy atom. The normalized spacial score (nSPS) is 10.0. The second-order valence-electron chi connectivity index (χ2n) is 1.68. The molecule has 0 spiro atoms. The third-order valence-corrected chi connectivity index (χ3v) is 1.29. The van der Waals surface area contributed by atoms with Crippen molar-refractivity contribution in [2.45, 2.75) is 6.92 Å². The van der Waals surface area contributed by atoms with Gasteiger partial charge in [0.25, 0.3) is 10.1 Å². The molecular weight excluding hydrogens is 164 g/mol. The van der Waals surface area contributed by atoms with Crippen LogP contribution in [0.25, 0.3) is 0 Å². The van der Waals surface area contributed by atoms with E-state index in [1.165, 1.54) is 6.92 Å². The summed E-state index contributed by atoms with van der Waals surface area (Å²) in [6.07, 6.45) is 0. The maximum Gasteiger partial charge on any atom is 0.268 e. The zero-order valence-electron chi connectivity index (χ0n) is 4.99. The minimum Gasteiger partial charge on any atom is -0.285 e. The Balaban J connectivity index is 0. The number of rotatable bonds is 2. The Hall–Kier alpha value is -0.0600. The maximum atomic E-state index is 9.94. The lowest BCUT2D eigenvalue weighted by molar-refractivity contribution is 0.486. The second kappa shape index (κ2) is 3.87. The van der Waals surface area contributed by atoms with E-state index in [9.17, 15) is 8.42 Å². The highest BCUT2D eigenvalue weighted by atomic mass is 35.5. The van der Waals surface area contributed by atoms with Crippen LogP contribution < -0.4 is 0 Å². The van der Waals surface area contributed by atoms with Gasteiger partial charge in [0.2, 0.25) is 0 Å². The molecule has 0 aliphatic heterocycles. The Morgan fingerprint density at radius 1 is 1.67 bits per heavy atom. The number of halogens is 1. The molecule has 0 heterocycles. The van der Waals surface area contributed by atoms with Gasteiger partial charge in [-0.3, -0.25) is 4.55 Å². The number of hydrogen-bond acceptors (Lipinski definition) is 2. The van der Waals surface area contributed by atoms with Crippen molar-refractivity contribution in [3.63, 3.8) is 0 Å². The van der Waals surface area contributed by atoms with Gasteiger partial charge in [0.1, 0.15) is 0 Å². The fraction of sp³-hybridized carbons (Fsp3) is 0.500. The molecule has 0 rings (SSSR count). The first-order chi connectivity index (χ1) is 3.42. The molecule has 3 nitrogen and oxygen atoms in total. The van der Waals surface area contributed by atoms with Crippen LogP contribution in [0.1, 0.15) is 6.92 Å². The van der Waals surface area contributed by atoms with Crippen LogP contribution in [0, 0.1) is 0 Å². The van der Waals surface area contributed by atoms with Gasteiger partial charge in [0.15, 0.2) is 0 Å². The summed E-state index contributed by atoms with van der Waals surface area (Å²) in [6, 6.07) is 0. The molecule has 0 saturated carbocycles. The van der Waals surface area contributed by atoms with Gasteiger partial charge in [-0.15, -0.1) is 12.4 Å². The monoisotopic (exact) mass is 172 g/mol. The van der Waals surface area contributed by atoms with E-state index in [-0.39, 0.29) is 18.2 Å². The third-order valence-electron chi connectivity index (χ3n) is 0.429. The summed E-state index contributed by atoms with van der Waals surface area (Å²) in [6.45, 7) is 4.84. The molecule has 0 atom stereocenters. The molecule has 0 aromatic heterocycles. The first-order valence-electron chi connectivity index (χ1n) is 2.01. The summed E-state index contributed by atoms with van der Waals surface area (Å²) in [5.74, 6) is -0.340. The summed E-state index contributed by atoms with van der Waals surface area (Å²) < 4.78 is 28.0. The maximum absolute atomic E-state index is 9.94. The zero-order valence-corrected chi connectivity index (χ0v) is 6.63. The van der Waals surface area contributed by atoms with Gasteiger partial charge in [-0.05, 0) is 6.92 Å². The first kappa shape index (κ1) is 11.7. The molecule has 0 aromatic rings. The molecule has 0 amide bonds. The molecule has 1 N–H and O–H groups in total. The Bertz CT molecular complexity index is 182. The molecule has 5 heteroatoms. The van der Waals surface area contributed by atoms with E-state index >= 15 is 0 Å². The molecule has 0 radical (unpaired) electrons. The van der Waals surface area contributed by atoms with Gasteiger partial charge in [-0.2, -0.15) is 8.42 Å². The third kappa shape index (κ3) is 11.5. The van der Waals surface area contributed by atoms with Crippen molar-refractivity contribution in [2.24, 2.45) is 0 Å². The van der Waals surface area contributed by atoms with Crippen molar-refractivity contribution in [3.05, 3.63) is 12.2 Å². The first-order valence-corrected chi connectivity index (χ1v) is 3.62. The van der Waals surface area contributed by atoms with Crippen molar-refractivity contribution < 1.29 is 13.0 Å². The molecule has 0 aliphatic rings. The largest absolute Gasteiger partial charge is 0.285 e. The lowest BCUT2D eigenvalue weighted by atomic mass is 10.4. The Labute approximate surface area is 60.9 Å². The number of hydrogen-bond donors (Lipinski definition) is 1. The van der Waals surface area contributed by atoms with Gasteiger partial charge in [-0.1, -0.05) is 12.2 Å². The predicted molar refractivity (Wildman–Crippen MR) is 38.5 cm³/mol. The van der Waals surface area contributed by atoms with Crippen molar-refractivity contribution in [3.8, 4) is 0 Å². The molecule has 0 bridgehead atoms. The Kier molecular flexibility index (Phi) is 5.03. The Morgan fingerprint density at radius 2 is 2.00 bits per heavy atom. The van der Waals surface area contributed by atoms with Crippen LogP contribution in [-0.2, 0) is 10.1 Å². The van der Waals surface area contributed by atoms with Gasteiger partial charge in [-0.25, -0.2) is 0 Å². The highest BCUT2D eigenvalue weighted by Gasteiger charge is 2.01. The van der Waals surface area contributed by atoms with E-state index in [1.807, 2.05) is 0 Å². The average Bonchev–Trinajstić information content (AvgIpc) is 1.21. The predicted octanol–water partition coefficient (Wildman–Crippen LogP) is 0.872. The lowest BCUT2D eigenvalue weighted by Crippen LogP contribution is -2.03. The minimum atomic E-state index is -3.82. The summed E-state index contributed by atoms with van der Waals surface area (Å²) in [5, 5.41) is 0. The lowest BCUT2D eigenvalue weighted by Gasteiger charge is -1.90. The molecule has 0 fully saturated rings. The topological polar surface area (TPSA) is 54.4 Å². The van der Waals surface area contributed by atoms with Crippen molar-refractivity contribution >= 4 is 22.5 Å². The minimum absolute atomic E-state index is 0. The zero-order chi connectivity index (χ0) is 6.78. The SMILES string of the molecule is C=C(C)CS(=O)(=O)O.Cl. The summed E-state index contributed by atoms with van der Waals surface area (Å²) in [7, 11) is -3.82. The van der Waals surface area contributed by atoms with Crippen molar-refractivity contribution in [1.82, 2.24) is 0 Å². The van der Waals surface area contributed by atoms with E-state index in [2.05, 4.69) is 6.58 Å². The summed E-state index contributed by atoms with van der Waals surface area (Å²) >= 11 is 0. The molecule has 9 heavy (non-hydrogen) atoms. The van der Waals surface area contributed by atoms with Gasteiger partial charge in [0.05, 0.1) is 5.75 Å². The molecule has 56 valence electrons. The van der Waals surface area contributed by atoms with Crippen LogP contribution in [0.4, 0.5) is 0 Å². The van der Waals surface area contributed by atoms with Gasteiger partial charge < -0.3 is 0 Å². The fourth-order valence-electron chi connectivity index (χ4n) is 0.311. The summed E-state index contributed by atoms with van der Waals surface area (Å²) in [4.78, 5) is 0. The van der Waals surface area contributed by atoms with Gasteiger partial charge in [0, 0.05) is 0 Å². The van der Waals surface area contributed by atoms with E-state index in [1.54, 1.807) is 0 Å². The van der Waals surface area contributed by atoms with Crippen LogP contribution >= 0.6 is 12.4 Å². The molecular formula is C4H9ClO3S. The van der Waals surface area contributed by atoms with E-state index in [4.69, 9.17) is 4.55 Å². The van der Waals surface area contributed by atoms with Crippen LogP contribution in [0.2, 0.25) is 0 Å². The second-order valence-corrected chi connectivity index (χ2v) is 3.14.